The molecule has 0 aliphatic carbocycles. The van der Waals surface area contributed by atoms with E-state index in [1.54, 1.807) is 7.11 Å². The lowest BCUT2D eigenvalue weighted by molar-refractivity contribution is -0.117. The highest BCUT2D eigenvalue weighted by molar-refractivity contribution is 5.96. The molecule has 3 aromatic rings. The summed E-state index contributed by atoms with van der Waals surface area (Å²) in [7, 11) is 1.62. The Labute approximate surface area is 157 Å². The Kier molecular flexibility index (Phi) is 4.62. The van der Waals surface area contributed by atoms with E-state index in [0.717, 1.165) is 23.4 Å². The summed E-state index contributed by atoms with van der Waals surface area (Å²) in [5.74, 6) is 1.81. The Morgan fingerprint density at radius 1 is 1.22 bits per heavy atom. The lowest BCUT2D eigenvalue weighted by Crippen LogP contribution is -2.24. The predicted molar refractivity (Wildman–Crippen MR) is 102 cm³/mol. The smallest absolute Gasteiger partial charge is 0.257 e. The third kappa shape index (κ3) is 3.43. The van der Waals surface area contributed by atoms with Crippen LogP contribution in [0.5, 0.6) is 5.75 Å². The molecule has 6 heteroatoms. The van der Waals surface area contributed by atoms with Gasteiger partial charge in [-0.3, -0.25) is 4.79 Å². The summed E-state index contributed by atoms with van der Waals surface area (Å²) in [6.07, 6.45) is 1.33. The molecule has 0 N–H and O–H groups in total. The minimum atomic E-state index is -0.0708. The van der Waals surface area contributed by atoms with E-state index >= 15 is 0 Å². The van der Waals surface area contributed by atoms with Gasteiger partial charge >= 0.3 is 0 Å². The van der Waals surface area contributed by atoms with Crippen LogP contribution in [0.1, 0.15) is 30.7 Å². The van der Waals surface area contributed by atoms with E-state index in [1.807, 2.05) is 41.3 Å². The monoisotopic (exact) mass is 363 g/mol. The van der Waals surface area contributed by atoms with E-state index in [0.29, 0.717) is 24.7 Å². The highest BCUT2D eigenvalue weighted by Crippen LogP contribution is 2.32. The number of hydrogen-bond donors (Lipinski definition) is 0. The van der Waals surface area contributed by atoms with Crippen LogP contribution in [0.3, 0.4) is 0 Å². The van der Waals surface area contributed by atoms with Crippen molar-refractivity contribution in [3.8, 4) is 17.2 Å². The van der Waals surface area contributed by atoms with Crippen molar-refractivity contribution in [3.05, 3.63) is 59.9 Å². The van der Waals surface area contributed by atoms with Crippen molar-refractivity contribution >= 4 is 11.6 Å². The highest BCUT2D eigenvalue weighted by Gasteiger charge is 2.34. The number of methoxy groups -OCH3 is 1. The Balaban J connectivity index is 1.53. The normalized spacial score (nSPS) is 16.7. The topological polar surface area (TPSA) is 68.5 Å². The molecule has 138 valence electrons. The molecule has 0 bridgehead atoms. The average molecular weight is 363 g/mol. The zero-order valence-electron chi connectivity index (χ0n) is 15.4. The lowest BCUT2D eigenvalue weighted by Gasteiger charge is -2.17. The number of hydrogen-bond acceptors (Lipinski definition) is 5. The van der Waals surface area contributed by atoms with Gasteiger partial charge in [-0.2, -0.15) is 4.98 Å². The molecule has 4 rings (SSSR count). The summed E-state index contributed by atoms with van der Waals surface area (Å²) in [5, 5.41) is 4.12. The molecule has 1 atom stereocenters. The number of ether oxygens (including phenoxy) is 1. The fourth-order valence-electron chi connectivity index (χ4n) is 3.33. The number of amides is 1. The zero-order valence-corrected chi connectivity index (χ0v) is 15.4. The SMILES string of the molecule is CCc1cccc(N2CC(c3noc(-c4ccc(OC)cc4)n3)CC2=O)c1. The van der Waals surface area contributed by atoms with Gasteiger partial charge in [-0.05, 0) is 48.4 Å². The summed E-state index contributed by atoms with van der Waals surface area (Å²) in [6, 6.07) is 15.5. The van der Waals surface area contributed by atoms with E-state index in [-0.39, 0.29) is 11.8 Å². The molecule has 0 radical (unpaired) electrons. The minimum absolute atomic E-state index is 0.0708. The number of benzene rings is 2. The maximum Gasteiger partial charge on any atom is 0.257 e. The molecule has 1 aromatic heterocycles. The fourth-order valence-corrected chi connectivity index (χ4v) is 3.33. The third-order valence-corrected chi connectivity index (χ3v) is 4.90. The Morgan fingerprint density at radius 2 is 2.04 bits per heavy atom. The molecule has 27 heavy (non-hydrogen) atoms. The van der Waals surface area contributed by atoms with Crippen molar-refractivity contribution in [2.45, 2.75) is 25.7 Å². The van der Waals surface area contributed by atoms with Gasteiger partial charge in [0.15, 0.2) is 5.82 Å². The molecular weight excluding hydrogens is 342 g/mol. The molecule has 6 nitrogen and oxygen atoms in total. The van der Waals surface area contributed by atoms with Crippen LogP contribution in [0.15, 0.2) is 53.1 Å². The first-order valence-corrected chi connectivity index (χ1v) is 9.05. The van der Waals surface area contributed by atoms with Gasteiger partial charge in [0.05, 0.1) is 7.11 Å². The molecule has 2 heterocycles. The van der Waals surface area contributed by atoms with Gasteiger partial charge in [-0.25, -0.2) is 0 Å². The number of aromatic nitrogens is 2. The number of carbonyl (C=O) groups excluding carboxylic acids is 1. The first-order valence-electron chi connectivity index (χ1n) is 9.05. The van der Waals surface area contributed by atoms with Gasteiger partial charge in [0.2, 0.25) is 5.91 Å². The Bertz CT molecular complexity index is 949. The lowest BCUT2D eigenvalue weighted by atomic mass is 10.1. The number of anilines is 1. The van der Waals surface area contributed by atoms with Crippen LogP contribution < -0.4 is 9.64 Å². The van der Waals surface area contributed by atoms with Gasteiger partial charge in [-0.1, -0.05) is 24.2 Å². The first kappa shape index (κ1) is 17.3. The molecule has 1 saturated heterocycles. The Morgan fingerprint density at radius 3 is 2.78 bits per heavy atom. The van der Waals surface area contributed by atoms with Crippen molar-refractivity contribution in [2.24, 2.45) is 0 Å². The fraction of sp³-hybridized carbons (Fsp3) is 0.286. The zero-order chi connectivity index (χ0) is 18.8. The van der Waals surface area contributed by atoms with E-state index in [1.165, 1.54) is 5.56 Å². The second kappa shape index (κ2) is 7.23. The van der Waals surface area contributed by atoms with Gasteiger partial charge in [0, 0.05) is 30.1 Å². The van der Waals surface area contributed by atoms with Crippen LogP contribution in [0.2, 0.25) is 0 Å². The predicted octanol–water partition coefficient (Wildman–Crippen LogP) is 3.83. The largest absolute Gasteiger partial charge is 0.497 e. The van der Waals surface area contributed by atoms with Crippen molar-refractivity contribution in [1.82, 2.24) is 10.1 Å². The van der Waals surface area contributed by atoms with Crippen molar-refractivity contribution in [3.63, 3.8) is 0 Å². The maximum absolute atomic E-state index is 12.5. The van der Waals surface area contributed by atoms with Crippen molar-refractivity contribution in [2.75, 3.05) is 18.6 Å². The molecule has 2 aromatic carbocycles. The van der Waals surface area contributed by atoms with Crippen molar-refractivity contribution < 1.29 is 14.1 Å². The highest BCUT2D eigenvalue weighted by atomic mass is 16.5. The van der Waals surface area contributed by atoms with E-state index in [9.17, 15) is 4.79 Å². The summed E-state index contributed by atoms with van der Waals surface area (Å²) >= 11 is 0. The van der Waals surface area contributed by atoms with Gasteiger partial charge in [0.25, 0.3) is 5.89 Å². The summed E-state index contributed by atoms with van der Waals surface area (Å²) < 4.78 is 10.6. The quantitative estimate of drug-likeness (QED) is 0.689. The van der Waals surface area contributed by atoms with Gasteiger partial charge in [-0.15, -0.1) is 0 Å². The molecule has 0 spiro atoms. The van der Waals surface area contributed by atoms with E-state index in [4.69, 9.17) is 9.26 Å². The van der Waals surface area contributed by atoms with Gasteiger partial charge < -0.3 is 14.2 Å². The second-order valence-corrected chi connectivity index (χ2v) is 6.62. The molecule has 0 saturated carbocycles. The van der Waals surface area contributed by atoms with Crippen LogP contribution in [0, 0.1) is 0 Å². The van der Waals surface area contributed by atoms with Crippen LogP contribution >= 0.6 is 0 Å². The van der Waals surface area contributed by atoms with Crippen LogP contribution in [-0.2, 0) is 11.2 Å². The molecule has 1 aliphatic rings. The first-order chi connectivity index (χ1) is 13.2. The van der Waals surface area contributed by atoms with Gasteiger partial charge in [0.1, 0.15) is 5.75 Å². The minimum Gasteiger partial charge on any atom is -0.497 e. The van der Waals surface area contributed by atoms with Crippen LogP contribution in [-0.4, -0.2) is 29.7 Å². The maximum atomic E-state index is 12.5. The molecule has 1 unspecified atom stereocenters. The van der Waals surface area contributed by atoms with Crippen LogP contribution in [0.25, 0.3) is 11.5 Å². The molecular formula is C21H21N3O3. The summed E-state index contributed by atoms with van der Waals surface area (Å²) in [5.41, 5.74) is 2.97. The van der Waals surface area contributed by atoms with Crippen LogP contribution in [0.4, 0.5) is 5.69 Å². The third-order valence-electron chi connectivity index (χ3n) is 4.90. The average Bonchev–Trinajstić information content (AvgIpc) is 3.35. The second-order valence-electron chi connectivity index (χ2n) is 6.62. The standard InChI is InChI=1S/C21H21N3O3/c1-3-14-5-4-6-17(11-14)24-13-16(12-19(24)25)20-22-21(27-23-20)15-7-9-18(26-2)10-8-15/h4-11,16H,3,12-13H2,1-2H3. The summed E-state index contributed by atoms with van der Waals surface area (Å²) in [6.45, 7) is 2.67. The molecule has 1 fully saturated rings. The Hall–Kier alpha value is -3.15. The molecule has 1 amide bonds. The number of nitrogens with zero attached hydrogens (tertiary/aromatic N) is 3. The number of carbonyl (C=O) groups is 1. The van der Waals surface area contributed by atoms with Crippen molar-refractivity contribution in [1.29, 1.82) is 0 Å². The number of aryl methyl sites for hydroxylation is 1. The number of rotatable bonds is 5. The van der Waals surface area contributed by atoms with E-state index in [2.05, 4.69) is 29.2 Å². The van der Waals surface area contributed by atoms with E-state index < -0.39 is 0 Å². The molecule has 1 aliphatic heterocycles. The summed E-state index contributed by atoms with van der Waals surface area (Å²) in [4.78, 5) is 18.9.